The molecule has 0 N–H and O–H groups in total. The maximum atomic E-state index is 6.13. The molecule has 0 aliphatic carbocycles. The standard InChI is InChI=1S/C19H25NO/c1-4-5-14-20(18-11-7-6-8-12-18)17(3)21-19-13-9-10-16(2)15-19/h6-13,15,17H,4-5,14H2,1-3H3. The maximum absolute atomic E-state index is 6.13. The Hall–Kier alpha value is -1.96. The summed E-state index contributed by atoms with van der Waals surface area (Å²) in [7, 11) is 0. The van der Waals surface area contributed by atoms with Gasteiger partial charge in [-0.05, 0) is 50.1 Å². The summed E-state index contributed by atoms with van der Waals surface area (Å²) in [5, 5.41) is 0. The van der Waals surface area contributed by atoms with Crippen molar-refractivity contribution < 1.29 is 4.74 Å². The Labute approximate surface area is 128 Å². The minimum atomic E-state index is 0.0146. The fourth-order valence-corrected chi connectivity index (χ4v) is 2.42. The van der Waals surface area contributed by atoms with Gasteiger partial charge in [0.2, 0.25) is 0 Å². The third kappa shape index (κ3) is 4.52. The van der Waals surface area contributed by atoms with Gasteiger partial charge in [-0.2, -0.15) is 0 Å². The van der Waals surface area contributed by atoms with Crippen molar-refractivity contribution in [2.75, 3.05) is 11.4 Å². The first kappa shape index (κ1) is 15.4. The number of aryl methyl sites for hydroxylation is 1. The molecule has 0 fully saturated rings. The lowest BCUT2D eigenvalue weighted by atomic mass is 10.2. The van der Waals surface area contributed by atoms with Gasteiger partial charge in [0, 0.05) is 12.2 Å². The van der Waals surface area contributed by atoms with E-state index >= 15 is 0 Å². The van der Waals surface area contributed by atoms with Gasteiger partial charge in [0.25, 0.3) is 0 Å². The van der Waals surface area contributed by atoms with Gasteiger partial charge in [-0.15, -0.1) is 0 Å². The van der Waals surface area contributed by atoms with Crippen LogP contribution in [0.1, 0.15) is 32.3 Å². The number of ether oxygens (including phenoxy) is 1. The molecule has 1 unspecified atom stereocenters. The zero-order chi connectivity index (χ0) is 15.1. The SMILES string of the molecule is CCCCN(c1ccccc1)C(C)Oc1cccc(C)c1. The highest BCUT2D eigenvalue weighted by molar-refractivity contribution is 5.46. The van der Waals surface area contributed by atoms with Crippen LogP contribution in [0.2, 0.25) is 0 Å². The Kier molecular flexibility index (Phi) is 5.68. The maximum Gasteiger partial charge on any atom is 0.169 e. The fourth-order valence-electron chi connectivity index (χ4n) is 2.42. The van der Waals surface area contributed by atoms with E-state index in [9.17, 15) is 0 Å². The summed E-state index contributed by atoms with van der Waals surface area (Å²) in [6, 6.07) is 18.7. The van der Waals surface area contributed by atoms with Crippen LogP contribution >= 0.6 is 0 Å². The third-order valence-corrected chi connectivity index (χ3v) is 3.58. The van der Waals surface area contributed by atoms with Crippen LogP contribution in [-0.4, -0.2) is 12.8 Å². The van der Waals surface area contributed by atoms with Gasteiger partial charge in [-0.3, -0.25) is 0 Å². The molecule has 2 aromatic carbocycles. The molecule has 0 aliphatic heterocycles. The summed E-state index contributed by atoms with van der Waals surface area (Å²) < 4.78 is 6.13. The van der Waals surface area contributed by atoms with E-state index in [0.717, 1.165) is 18.7 Å². The summed E-state index contributed by atoms with van der Waals surface area (Å²) in [6.45, 7) is 7.43. The zero-order valence-corrected chi connectivity index (χ0v) is 13.3. The van der Waals surface area contributed by atoms with Crippen LogP contribution in [0.15, 0.2) is 54.6 Å². The molecule has 0 heterocycles. The molecule has 0 aromatic heterocycles. The van der Waals surface area contributed by atoms with Gasteiger partial charge < -0.3 is 9.64 Å². The molecule has 0 spiro atoms. The summed E-state index contributed by atoms with van der Waals surface area (Å²) >= 11 is 0. The van der Waals surface area contributed by atoms with Crippen molar-refractivity contribution in [1.82, 2.24) is 0 Å². The molecular weight excluding hydrogens is 258 g/mol. The van der Waals surface area contributed by atoms with Crippen LogP contribution in [-0.2, 0) is 0 Å². The highest BCUT2D eigenvalue weighted by atomic mass is 16.5. The van der Waals surface area contributed by atoms with Crippen LogP contribution in [0.5, 0.6) is 5.75 Å². The molecule has 1 atom stereocenters. The van der Waals surface area contributed by atoms with Crippen molar-refractivity contribution in [3.05, 3.63) is 60.2 Å². The van der Waals surface area contributed by atoms with E-state index in [2.05, 4.69) is 62.1 Å². The fraction of sp³-hybridized carbons (Fsp3) is 0.368. The van der Waals surface area contributed by atoms with E-state index in [0.29, 0.717) is 0 Å². The lowest BCUT2D eigenvalue weighted by molar-refractivity contribution is 0.214. The first-order chi connectivity index (χ1) is 10.2. The molecule has 0 amide bonds. The summed E-state index contributed by atoms with van der Waals surface area (Å²) in [5.41, 5.74) is 2.44. The van der Waals surface area contributed by atoms with Crippen LogP contribution in [0.4, 0.5) is 5.69 Å². The van der Waals surface area contributed by atoms with Crippen LogP contribution in [0.3, 0.4) is 0 Å². The number of unbranched alkanes of at least 4 members (excludes halogenated alkanes) is 1. The van der Waals surface area contributed by atoms with Gasteiger partial charge in [0.15, 0.2) is 6.23 Å². The molecular formula is C19H25NO. The minimum absolute atomic E-state index is 0.0146. The summed E-state index contributed by atoms with van der Waals surface area (Å²) in [4.78, 5) is 2.33. The predicted molar refractivity (Wildman–Crippen MR) is 90.0 cm³/mol. The van der Waals surface area contributed by atoms with E-state index < -0.39 is 0 Å². The Morgan fingerprint density at radius 2 is 1.81 bits per heavy atom. The van der Waals surface area contributed by atoms with Gasteiger partial charge in [-0.1, -0.05) is 43.7 Å². The lowest BCUT2D eigenvalue weighted by Crippen LogP contribution is -2.38. The average molecular weight is 283 g/mol. The number of anilines is 1. The Morgan fingerprint density at radius 1 is 1.05 bits per heavy atom. The third-order valence-electron chi connectivity index (χ3n) is 3.58. The predicted octanol–water partition coefficient (Wildman–Crippen LogP) is 5.03. The molecule has 0 radical (unpaired) electrons. The van der Waals surface area contributed by atoms with E-state index in [-0.39, 0.29) is 6.23 Å². The molecule has 2 aromatic rings. The highest BCUT2D eigenvalue weighted by Gasteiger charge is 2.15. The Morgan fingerprint density at radius 3 is 2.48 bits per heavy atom. The van der Waals surface area contributed by atoms with Crippen molar-refractivity contribution in [3.63, 3.8) is 0 Å². The van der Waals surface area contributed by atoms with E-state index in [1.54, 1.807) is 0 Å². The lowest BCUT2D eigenvalue weighted by Gasteiger charge is -2.31. The van der Waals surface area contributed by atoms with Crippen molar-refractivity contribution in [1.29, 1.82) is 0 Å². The highest BCUT2D eigenvalue weighted by Crippen LogP contribution is 2.21. The second kappa shape index (κ2) is 7.72. The quantitative estimate of drug-likeness (QED) is 0.661. The number of benzene rings is 2. The molecule has 2 rings (SSSR count). The first-order valence-electron chi connectivity index (χ1n) is 7.75. The molecule has 2 nitrogen and oxygen atoms in total. The van der Waals surface area contributed by atoms with Crippen molar-refractivity contribution in [3.8, 4) is 5.75 Å². The number of nitrogens with zero attached hydrogens (tertiary/aromatic N) is 1. The molecule has 21 heavy (non-hydrogen) atoms. The molecule has 2 heteroatoms. The van der Waals surface area contributed by atoms with Crippen molar-refractivity contribution in [2.45, 2.75) is 39.8 Å². The van der Waals surface area contributed by atoms with Crippen molar-refractivity contribution in [2.24, 2.45) is 0 Å². The van der Waals surface area contributed by atoms with Crippen LogP contribution < -0.4 is 9.64 Å². The van der Waals surface area contributed by atoms with Crippen LogP contribution in [0, 0.1) is 6.92 Å². The molecule has 112 valence electrons. The molecule has 0 bridgehead atoms. The van der Waals surface area contributed by atoms with E-state index in [1.165, 1.54) is 17.7 Å². The number of rotatable bonds is 7. The summed E-state index contributed by atoms with van der Waals surface area (Å²) in [5.74, 6) is 0.930. The second-order valence-electron chi connectivity index (χ2n) is 5.42. The normalized spacial score (nSPS) is 12.0. The Bertz CT molecular complexity index is 538. The van der Waals surface area contributed by atoms with Gasteiger partial charge in [0.05, 0.1) is 0 Å². The van der Waals surface area contributed by atoms with Gasteiger partial charge >= 0.3 is 0 Å². The summed E-state index contributed by atoms with van der Waals surface area (Å²) in [6.07, 6.45) is 2.36. The van der Waals surface area contributed by atoms with Gasteiger partial charge in [0.1, 0.15) is 5.75 Å². The van der Waals surface area contributed by atoms with Crippen molar-refractivity contribution >= 4 is 5.69 Å². The number of para-hydroxylation sites is 1. The average Bonchev–Trinajstić information content (AvgIpc) is 2.49. The monoisotopic (exact) mass is 283 g/mol. The zero-order valence-electron chi connectivity index (χ0n) is 13.3. The van der Waals surface area contributed by atoms with E-state index in [1.807, 2.05) is 18.2 Å². The number of hydrogen-bond donors (Lipinski definition) is 0. The topological polar surface area (TPSA) is 12.5 Å². The van der Waals surface area contributed by atoms with Crippen LogP contribution in [0.25, 0.3) is 0 Å². The largest absolute Gasteiger partial charge is 0.471 e. The molecule has 0 aliphatic rings. The molecule has 0 saturated carbocycles. The second-order valence-corrected chi connectivity index (χ2v) is 5.42. The minimum Gasteiger partial charge on any atom is -0.471 e. The van der Waals surface area contributed by atoms with Gasteiger partial charge in [-0.25, -0.2) is 0 Å². The first-order valence-corrected chi connectivity index (χ1v) is 7.75. The number of hydrogen-bond acceptors (Lipinski definition) is 2. The van der Waals surface area contributed by atoms with E-state index in [4.69, 9.17) is 4.74 Å². The Balaban J connectivity index is 2.12. The smallest absolute Gasteiger partial charge is 0.169 e. The molecule has 0 saturated heterocycles.